The zero-order valence-corrected chi connectivity index (χ0v) is 9.07. The molecule has 2 N–H and O–H groups in total. The molecule has 2 aromatic rings. The van der Waals surface area contributed by atoms with Crippen molar-refractivity contribution in [2.75, 3.05) is 5.73 Å². The predicted molar refractivity (Wildman–Crippen MR) is 59.8 cm³/mol. The van der Waals surface area contributed by atoms with Crippen molar-refractivity contribution in [1.29, 1.82) is 0 Å². The third-order valence-electron chi connectivity index (χ3n) is 2.58. The highest BCUT2D eigenvalue weighted by Crippen LogP contribution is 2.41. The normalized spacial score (nSPS) is 15.7. The number of hydrogen-bond acceptors (Lipinski definition) is 4. The first-order valence-corrected chi connectivity index (χ1v) is 5.92. The van der Waals surface area contributed by atoms with Crippen LogP contribution in [-0.4, -0.2) is 14.5 Å². The predicted octanol–water partition coefficient (Wildman–Crippen LogP) is 1.85. The Hall–Kier alpha value is -1.36. The van der Waals surface area contributed by atoms with Crippen LogP contribution in [0.5, 0.6) is 0 Å². The van der Waals surface area contributed by atoms with Crippen LogP contribution >= 0.6 is 11.3 Å². The van der Waals surface area contributed by atoms with Crippen molar-refractivity contribution < 1.29 is 0 Å². The Balaban J connectivity index is 1.79. The van der Waals surface area contributed by atoms with E-state index in [1.54, 1.807) is 17.5 Å². The van der Waals surface area contributed by atoms with E-state index >= 15 is 0 Å². The van der Waals surface area contributed by atoms with Crippen molar-refractivity contribution in [1.82, 2.24) is 14.5 Å². The second kappa shape index (κ2) is 3.34. The summed E-state index contributed by atoms with van der Waals surface area (Å²) in [6.45, 7) is 0.731. The Labute approximate surface area is 91.8 Å². The van der Waals surface area contributed by atoms with Gasteiger partial charge in [-0.25, -0.2) is 9.97 Å². The highest BCUT2D eigenvalue weighted by Gasteiger charge is 2.26. The number of thiazole rings is 1. The molecule has 5 heteroatoms. The average Bonchev–Trinajstić information content (AvgIpc) is 2.86. The van der Waals surface area contributed by atoms with E-state index in [9.17, 15) is 0 Å². The van der Waals surface area contributed by atoms with Crippen LogP contribution in [0.15, 0.2) is 17.8 Å². The van der Waals surface area contributed by atoms with Crippen LogP contribution in [0.1, 0.15) is 29.5 Å². The molecule has 15 heavy (non-hydrogen) atoms. The Morgan fingerprint density at radius 1 is 1.53 bits per heavy atom. The fraction of sp³-hybridized carbons (Fsp3) is 0.400. The van der Waals surface area contributed by atoms with Gasteiger partial charge in [0.25, 0.3) is 0 Å². The van der Waals surface area contributed by atoms with Crippen LogP contribution in [0.2, 0.25) is 0 Å². The molecule has 0 unspecified atom stereocenters. The zero-order chi connectivity index (χ0) is 10.3. The van der Waals surface area contributed by atoms with E-state index in [-0.39, 0.29) is 0 Å². The number of nitrogen functional groups attached to an aromatic ring is 1. The lowest BCUT2D eigenvalue weighted by molar-refractivity contribution is 0.786. The van der Waals surface area contributed by atoms with Gasteiger partial charge in [-0.1, -0.05) is 0 Å². The van der Waals surface area contributed by atoms with Gasteiger partial charge in [-0.05, 0) is 12.8 Å². The number of anilines is 1. The molecule has 0 saturated heterocycles. The van der Waals surface area contributed by atoms with Gasteiger partial charge in [0.05, 0.1) is 17.2 Å². The van der Waals surface area contributed by atoms with Crippen molar-refractivity contribution in [2.24, 2.45) is 0 Å². The second-order valence-electron chi connectivity index (χ2n) is 3.86. The summed E-state index contributed by atoms with van der Waals surface area (Å²) in [5.41, 5.74) is 6.78. The van der Waals surface area contributed by atoms with Crippen LogP contribution < -0.4 is 5.73 Å². The molecule has 1 fully saturated rings. The molecule has 4 nitrogen and oxygen atoms in total. The van der Waals surface area contributed by atoms with Crippen molar-refractivity contribution in [3.05, 3.63) is 28.5 Å². The van der Waals surface area contributed by atoms with Gasteiger partial charge in [-0.3, -0.25) is 0 Å². The number of nitrogens with zero attached hydrogens (tertiary/aromatic N) is 3. The maximum atomic E-state index is 5.69. The van der Waals surface area contributed by atoms with Gasteiger partial charge in [-0.2, -0.15) is 0 Å². The van der Waals surface area contributed by atoms with Crippen LogP contribution in [0.4, 0.5) is 5.95 Å². The summed E-state index contributed by atoms with van der Waals surface area (Å²) in [6.07, 6.45) is 6.20. The van der Waals surface area contributed by atoms with Gasteiger partial charge in [0.15, 0.2) is 5.95 Å². The Bertz CT molecular complexity index is 469. The lowest BCUT2D eigenvalue weighted by Crippen LogP contribution is -2.03. The third kappa shape index (κ3) is 1.74. The number of nitrogens with two attached hydrogens (primary N) is 1. The number of rotatable bonds is 3. The molecule has 0 radical (unpaired) electrons. The van der Waals surface area contributed by atoms with Crippen molar-refractivity contribution >= 4 is 17.3 Å². The summed E-state index contributed by atoms with van der Waals surface area (Å²) in [6, 6.07) is 0. The lowest BCUT2D eigenvalue weighted by atomic mass is 10.4. The largest absolute Gasteiger partial charge is 0.369 e. The van der Waals surface area contributed by atoms with E-state index in [1.807, 2.05) is 10.8 Å². The maximum Gasteiger partial charge on any atom is 0.200 e. The smallest absolute Gasteiger partial charge is 0.200 e. The van der Waals surface area contributed by atoms with Crippen molar-refractivity contribution in [2.45, 2.75) is 25.3 Å². The van der Waals surface area contributed by atoms with Gasteiger partial charge >= 0.3 is 0 Å². The van der Waals surface area contributed by atoms with Gasteiger partial charge in [-0.15, -0.1) is 11.3 Å². The fourth-order valence-corrected chi connectivity index (χ4v) is 2.54. The molecule has 0 atom stereocenters. The SMILES string of the molecule is Nc1nccn1Cc1csc(C2CC2)n1. The first-order valence-electron chi connectivity index (χ1n) is 5.04. The number of aromatic nitrogens is 3. The highest BCUT2D eigenvalue weighted by atomic mass is 32.1. The summed E-state index contributed by atoms with van der Waals surface area (Å²) in [5, 5.41) is 3.40. The van der Waals surface area contributed by atoms with Crippen LogP contribution in [0.25, 0.3) is 0 Å². The molecule has 0 amide bonds. The number of imidazole rings is 1. The monoisotopic (exact) mass is 220 g/mol. The summed E-state index contributed by atoms with van der Waals surface area (Å²) in [7, 11) is 0. The quantitative estimate of drug-likeness (QED) is 0.858. The molecule has 0 aliphatic heterocycles. The Morgan fingerprint density at radius 3 is 3.07 bits per heavy atom. The average molecular weight is 220 g/mol. The molecule has 1 saturated carbocycles. The molecular weight excluding hydrogens is 208 g/mol. The van der Waals surface area contributed by atoms with Crippen LogP contribution in [0.3, 0.4) is 0 Å². The minimum absolute atomic E-state index is 0.552. The van der Waals surface area contributed by atoms with E-state index in [0.29, 0.717) is 5.95 Å². The highest BCUT2D eigenvalue weighted by molar-refractivity contribution is 7.09. The van der Waals surface area contributed by atoms with Crippen molar-refractivity contribution in [3.8, 4) is 0 Å². The molecule has 1 aliphatic rings. The maximum absolute atomic E-state index is 5.69. The van der Waals surface area contributed by atoms with Gasteiger partial charge < -0.3 is 10.3 Å². The first kappa shape index (κ1) is 8.91. The van der Waals surface area contributed by atoms with E-state index in [0.717, 1.165) is 18.2 Å². The molecule has 0 spiro atoms. The standard InChI is InChI=1S/C10H12N4S/c11-10-12-3-4-14(10)5-8-6-15-9(13-8)7-1-2-7/h3-4,6-7H,1-2,5H2,(H2,11,12). The molecule has 78 valence electrons. The number of hydrogen-bond donors (Lipinski definition) is 1. The topological polar surface area (TPSA) is 56.7 Å². The van der Waals surface area contributed by atoms with E-state index < -0.39 is 0 Å². The van der Waals surface area contributed by atoms with E-state index in [4.69, 9.17) is 5.73 Å². The van der Waals surface area contributed by atoms with Crippen LogP contribution in [0, 0.1) is 0 Å². The minimum atomic E-state index is 0.552. The van der Waals surface area contributed by atoms with E-state index in [2.05, 4.69) is 15.3 Å². The van der Waals surface area contributed by atoms with Gasteiger partial charge in [0.2, 0.25) is 0 Å². The molecule has 3 rings (SSSR count). The molecule has 1 aliphatic carbocycles. The van der Waals surface area contributed by atoms with Crippen LogP contribution in [-0.2, 0) is 6.54 Å². The molecule has 2 aromatic heterocycles. The van der Waals surface area contributed by atoms with Gasteiger partial charge in [0.1, 0.15) is 0 Å². The zero-order valence-electron chi connectivity index (χ0n) is 8.26. The summed E-state index contributed by atoms with van der Waals surface area (Å²) < 4.78 is 1.91. The Morgan fingerprint density at radius 2 is 2.40 bits per heavy atom. The fourth-order valence-electron chi connectivity index (χ4n) is 1.56. The second-order valence-corrected chi connectivity index (χ2v) is 4.75. The third-order valence-corrected chi connectivity index (χ3v) is 3.63. The molecule has 0 bridgehead atoms. The van der Waals surface area contributed by atoms with Gasteiger partial charge in [0, 0.05) is 23.7 Å². The summed E-state index contributed by atoms with van der Waals surface area (Å²) in [5.74, 6) is 1.29. The van der Waals surface area contributed by atoms with E-state index in [1.165, 1.54) is 17.8 Å². The summed E-state index contributed by atoms with van der Waals surface area (Å²) >= 11 is 1.76. The lowest BCUT2D eigenvalue weighted by Gasteiger charge is -2.00. The molecule has 0 aromatic carbocycles. The first-order chi connectivity index (χ1) is 7.33. The minimum Gasteiger partial charge on any atom is -0.369 e. The molecular formula is C10H12N4S. The summed E-state index contributed by atoms with van der Waals surface area (Å²) in [4.78, 5) is 8.59. The van der Waals surface area contributed by atoms with Crippen molar-refractivity contribution in [3.63, 3.8) is 0 Å². The Kier molecular flexibility index (Phi) is 1.98. The molecule has 2 heterocycles.